The minimum Gasteiger partial charge on any atom is -0.330 e. The Balaban J connectivity index is 3.90. The zero-order chi connectivity index (χ0) is 11.7. The van der Waals surface area contributed by atoms with E-state index in [1.54, 1.807) is 0 Å². The summed E-state index contributed by atoms with van der Waals surface area (Å²) in [5.41, 5.74) is 5.45. The molecule has 0 radical (unpaired) electrons. The quantitative estimate of drug-likeness (QED) is 0.629. The molecule has 0 aliphatic rings. The van der Waals surface area contributed by atoms with E-state index in [1.165, 1.54) is 0 Å². The van der Waals surface area contributed by atoms with E-state index in [0.717, 1.165) is 25.7 Å². The molecule has 0 heterocycles. The van der Waals surface area contributed by atoms with Crippen LogP contribution in [0.5, 0.6) is 0 Å². The zero-order valence-electron chi connectivity index (χ0n) is 9.83. The van der Waals surface area contributed by atoms with Crippen LogP contribution in [0.15, 0.2) is 0 Å². The molecular weight excluding hydrogens is 212 g/mol. The van der Waals surface area contributed by atoms with E-state index < -0.39 is 10.0 Å². The van der Waals surface area contributed by atoms with Crippen molar-refractivity contribution in [2.45, 2.75) is 39.5 Å². The van der Waals surface area contributed by atoms with Crippen LogP contribution in [0, 0.1) is 5.92 Å². The molecule has 15 heavy (non-hydrogen) atoms. The van der Waals surface area contributed by atoms with E-state index in [9.17, 15) is 8.42 Å². The Bertz CT molecular complexity index is 240. The normalized spacial score (nSPS) is 14.1. The van der Waals surface area contributed by atoms with Crippen molar-refractivity contribution in [3.8, 4) is 0 Å². The second kappa shape index (κ2) is 8.07. The van der Waals surface area contributed by atoms with Gasteiger partial charge in [0, 0.05) is 6.54 Å². The van der Waals surface area contributed by atoms with E-state index >= 15 is 0 Å². The van der Waals surface area contributed by atoms with Crippen molar-refractivity contribution in [2.24, 2.45) is 11.7 Å². The van der Waals surface area contributed by atoms with Gasteiger partial charge in [0.05, 0.1) is 5.75 Å². The molecule has 92 valence electrons. The lowest BCUT2D eigenvalue weighted by Gasteiger charge is -2.14. The molecule has 5 heteroatoms. The topological polar surface area (TPSA) is 72.2 Å². The first-order chi connectivity index (χ1) is 7.05. The molecule has 0 spiro atoms. The first-order valence-electron chi connectivity index (χ1n) is 5.73. The third kappa shape index (κ3) is 7.76. The number of unbranched alkanes of at least 4 members (excludes halogenated alkanes) is 1. The molecule has 1 atom stereocenters. The Morgan fingerprint density at radius 1 is 1.33 bits per heavy atom. The van der Waals surface area contributed by atoms with Crippen molar-refractivity contribution in [1.82, 2.24) is 4.72 Å². The maximum atomic E-state index is 11.5. The summed E-state index contributed by atoms with van der Waals surface area (Å²) >= 11 is 0. The van der Waals surface area contributed by atoms with E-state index in [1.807, 2.05) is 6.92 Å². The highest BCUT2D eigenvalue weighted by Gasteiger charge is 2.12. The molecule has 0 aromatic heterocycles. The molecule has 0 aromatic rings. The largest absolute Gasteiger partial charge is 0.330 e. The summed E-state index contributed by atoms with van der Waals surface area (Å²) in [5, 5.41) is 0. The number of nitrogens with two attached hydrogens (primary N) is 1. The molecule has 0 saturated heterocycles. The van der Waals surface area contributed by atoms with E-state index in [2.05, 4.69) is 11.6 Å². The first-order valence-corrected chi connectivity index (χ1v) is 7.38. The van der Waals surface area contributed by atoms with Crippen LogP contribution in [0.1, 0.15) is 39.5 Å². The summed E-state index contributed by atoms with van der Waals surface area (Å²) in [6.07, 6.45) is 3.48. The predicted octanol–water partition coefficient (Wildman–Crippen LogP) is 1.08. The van der Waals surface area contributed by atoms with E-state index in [4.69, 9.17) is 5.73 Å². The average Bonchev–Trinajstić information content (AvgIpc) is 2.21. The van der Waals surface area contributed by atoms with Gasteiger partial charge in [0.2, 0.25) is 10.0 Å². The summed E-state index contributed by atoms with van der Waals surface area (Å²) in [6, 6.07) is 0. The molecule has 0 rings (SSSR count). The lowest BCUT2D eigenvalue weighted by atomic mass is 10.0. The Morgan fingerprint density at radius 2 is 2.00 bits per heavy atom. The lowest BCUT2D eigenvalue weighted by Crippen LogP contribution is -2.31. The van der Waals surface area contributed by atoms with E-state index in [-0.39, 0.29) is 5.75 Å². The lowest BCUT2D eigenvalue weighted by molar-refractivity contribution is 0.465. The van der Waals surface area contributed by atoms with Crippen molar-refractivity contribution in [3.63, 3.8) is 0 Å². The third-order valence-electron chi connectivity index (χ3n) is 2.51. The zero-order valence-corrected chi connectivity index (χ0v) is 10.6. The molecule has 4 nitrogen and oxygen atoms in total. The molecular formula is C10H24N2O2S. The number of sulfonamides is 1. The summed E-state index contributed by atoms with van der Waals surface area (Å²) in [7, 11) is -3.06. The summed E-state index contributed by atoms with van der Waals surface area (Å²) in [4.78, 5) is 0. The van der Waals surface area contributed by atoms with Gasteiger partial charge >= 0.3 is 0 Å². The standard InChI is InChI=1S/C10H24N2O2S/c1-3-5-8-15(13,14)12-9-10(4-2)6-7-11/h10,12H,3-9,11H2,1-2H3. The van der Waals surface area contributed by atoms with Crippen LogP contribution in [0.2, 0.25) is 0 Å². The highest BCUT2D eigenvalue weighted by Crippen LogP contribution is 2.06. The summed E-state index contributed by atoms with van der Waals surface area (Å²) in [5.74, 6) is 0.606. The Kier molecular flexibility index (Phi) is 8.00. The Morgan fingerprint density at radius 3 is 2.47 bits per heavy atom. The van der Waals surface area contributed by atoms with Gasteiger partial charge in [-0.15, -0.1) is 0 Å². The second-order valence-corrected chi connectivity index (χ2v) is 5.80. The van der Waals surface area contributed by atoms with Gasteiger partial charge in [-0.05, 0) is 25.3 Å². The van der Waals surface area contributed by atoms with Gasteiger partial charge in [-0.2, -0.15) is 0 Å². The van der Waals surface area contributed by atoms with Crippen LogP contribution >= 0.6 is 0 Å². The van der Waals surface area contributed by atoms with Crippen LogP contribution in [0.3, 0.4) is 0 Å². The molecule has 1 unspecified atom stereocenters. The number of rotatable bonds is 9. The van der Waals surface area contributed by atoms with Gasteiger partial charge < -0.3 is 5.73 Å². The second-order valence-electron chi connectivity index (χ2n) is 3.87. The Hall–Kier alpha value is -0.130. The number of nitrogens with one attached hydrogen (secondary N) is 1. The Labute approximate surface area is 93.7 Å². The fourth-order valence-electron chi connectivity index (χ4n) is 1.34. The molecule has 0 aliphatic heterocycles. The minimum atomic E-state index is -3.06. The van der Waals surface area contributed by atoms with Crippen LogP contribution in [-0.4, -0.2) is 27.3 Å². The molecule has 0 aliphatic carbocycles. The van der Waals surface area contributed by atoms with Gasteiger partial charge in [0.1, 0.15) is 0 Å². The SMILES string of the molecule is CCCCS(=O)(=O)NCC(CC)CCN. The molecule has 0 bridgehead atoms. The van der Waals surface area contributed by atoms with Crippen molar-refractivity contribution < 1.29 is 8.42 Å². The van der Waals surface area contributed by atoms with Gasteiger partial charge in [-0.1, -0.05) is 26.7 Å². The maximum Gasteiger partial charge on any atom is 0.211 e. The molecule has 0 saturated carbocycles. The summed E-state index contributed by atoms with van der Waals surface area (Å²) < 4.78 is 25.6. The van der Waals surface area contributed by atoms with Crippen LogP contribution in [-0.2, 0) is 10.0 Å². The number of hydrogen-bond donors (Lipinski definition) is 2. The fourth-order valence-corrected chi connectivity index (χ4v) is 2.64. The van der Waals surface area contributed by atoms with Crippen molar-refractivity contribution in [2.75, 3.05) is 18.8 Å². The molecule has 0 amide bonds. The third-order valence-corrected chi connectivity index (χ3v) is 3.94. The fraction of sp³-hybridized carbons (Fsp3) is 1.00. The first kappa shape index (κ1) is 14.9. The highest BCUT2D eigenvalue weighted by atomic mass is 32.2. The van der Waals surface area contributed by atoms with Crippen molar-refractivity contribution in [3.05, 3.63) is 0 Å². The number of hydrogen-bond acceptors (Lipinski definition) is 3. The average molecular weight is 236 g/mol. The van der Waals surface area contributed by atoms with E-state index in [0.29, 0.717) is 19.0 Å². The van der Waals surface area contributed by atoms with Crippen molar-refractivity contribution >= 4 is 10.0 Å². The minimum absolute atomic E-state index is 0.239. The summed E-state index contributed by atoms with van der Waals surface area (Å²) in [6.45, 7) is 5.19. The predicted molar refractivity (Wildman–Crippen MR) is 64.1 cm³/mol. The molecule has 3 N–H and O–H groups in total. The molecule has 0 fully saturated rings. The van der Waals surface area contributed by atoms with Gasteiger partial charge in [0.15, 0.2) is 0 Å². The monoisotopic (exact) mass is 236 g/mol. The molecule has 0 aromatic carbocycles. The van der Waals surface area contributed by atoms with Crippen LogP contribution in [0.25, 0.3) is 0 Å². The smallest absolute Gasteiger partial charge is 0.211 e. The van der Waals surface area contributed by atoms with Gasteiger partial charge in [-0.3, -0.25) is 0 Å². The van der Waals surface area contributed by atoms with Crippen LogP contribution < -0.4 is 10.5 Å². The maximum absolute atomic E-state index is 11.5. The van der Waals surface area contributed by atoms with Gasteiger partial charge in [0.25, 0.3) is 0 Å². The van der Waals surface area contributed by atoms with Crippen molar-refractivity contribution in [1.29, 1.82) is 0 Å². The van der Waals surface area contributed by atoms with Crippen LogP contribution in [0.4, 0.5) is 0 Å². The highest BCUT2D eigenvalue weighted by molar-refractivity contribution is 7.89. The van der Waals surface area contributed by atoms with Gasteiger partial charge in [-0.25, -0.2) is 13.1 Å².